The predicted octanol–water partition coefficient (Wildman–Crippen LogP) is 1.87. The second-order valence-corrected chi connectivity index (χ2v) is 3.96. The van der Waals surface area contributed by atoms with E-state index < -0.39 is 30.1 Å². The molecule has 1 atom stereocenters. The van der Waals surface area contributed by atoms with E-state index in [4.69, 9.17) is 10.2 Å². The van der Waals surface area contributed by atoms with Crippen molar-refractivity contribution < 1.29 is 31.9 Å². The van der Waals surface area contributed by atoms with Crippen LogP contribution in [0.1, 0.15) is 25.3 Å². The first-order valence-electron chi connectivity index (χ1n) is 5.32. The summed E-state index contributed by atoms with van der Waals surface area (Å²) in [7, 11) is 0. The number of alkyl halides is 3. The third-order valence-electron chi connectivity index (χ3n) is 2.62. The summed E-state index contributed by atoms with van der Waals surface area (Å²) in [5.41, 5.74) is 5.09. The number of hydrogen-bond acceptors (Lipinski definition) is 5. The molecule has 1 aromatic rings. The summed E-state index contributed by atoms with van der Waals surface area (Å²) < 4.78 is 44.3. The van der Waals surface area contributed by atoms with Gasteiger partial charge < -0.3 is 14.9 Å². The summed E-state index contributed by atoms with van der Waals surface area (Å²) in [6.07, 6.45) is -2.93. The van der Waals surface area contributed by atoms with E-state index >= 15 is 0 Å². The summed E-state index contributed by atoms with van der Waals surface area (Å²) in [4.78, 5) is 21.8. The van der Waals surface area contributed by atoms with Crippen LogP contribution in [-0.2, 0) is 19.9 Å². The lowest BCUT2D eigenvalue weighted by Gasteiger charge is -2.25. The van der Waals surface area contributed by atoms with Gasteiger partial charge in [0.15, 0.2) is 0 Å². The summed E-state index contributed by atoms with van der Waals surface area (Å²) in [6.45, 7) is 1.64. The maximum Gasteiger partial charge on any atom is 0.491 e. The van der Waals surface area contributed by atoms with Gasteiger partial charge in [0.1, 0.15) is 0 Å². The Morgan fingerprint density at radius 1 is 1.42 bits per heavy atom. The first-order valence-corrected chi connectivity index (χ1v) is 5.32. The molecular weight excluding hydrogens is 267 g/mol. The molecule has 0 radical (unpaired) electrons. The van der Waals surface area contributed by atoms with Crippen molar-refractivity contribution in [1.82, 2.24) is 0 Å². The highest BCUT2D eigenvalue weighted by molar-refractivity contribution is 5.88. The third kappa shape index (κ3) is 3.82. The van der Waals surface area contributed by atoms with Crippen molar-refractivity contribution in [1.29, 1.82) is 0 Å². The van der Waals surface area contributed by atoms with Gasteiger partial charge in [-0.25, -0.2) is 4.79 Å². The van der Waals surface area contributed by atoms with E-state index in [1.165, 1.54) is 18.6 Å². The van der Waals surface area contributed by atoms with Crippen molar-refractivity contribution in [3.63, 3.8) is 0 Å². The minimum atomic E-state index is -5.21. The Hall–Kier alpha value is -1.83. The molecule has 8 heteroatoms. The van der Waals surface area contributed by atoms with E-state index in [2.05, 4.69) is 4.74 Å². The lowest BCUT2D eigenvalue weighted by atomic mass is 9.87. The number of carbonyl (C=O) groups excluding carboxylic acids is 2. The SMILES string of the molecule is CCC(N)(CC(=O)OC(=O)C(F)(F)F)c1ccoc1. The highest BCUT2D eigenvalue weighted by Crippen LogP contribution is 2.27. The molecule has 19 heavy (non-hydrogen) atoms. The van der Waals surface area contributed by atoms with Gasteiger partial charge in [0, 0.05) is 5.56 Å². The standard InChI is InChI=1S/C11H12F3NO4/c1-2-10(15,7-3-4-18-6-7)5-8(16)19-9(17)11(12,13)14/h3-4,6H,2,5,15H2,1H3. The first-order chi connectivity index (χ1) is 8.69. The van der Waals surface area contributed by atoms with Crippen LogP contribution in [0.5, 0.6) is 0 Å². The molecule has 0 aromatic carbocycles. The summed E-state index contributed by atoms with van der Waals surface area (Å²) >= 11 is 0. The Kier molecular flexibility index (Phi) is 4.35. The van der Waals surface area contributed by atoms with Gasteiger partial charge in [-0.2, -0.15) is 13.2 Å². The van der Waals surface area contributed by atoms with E-state index in [9.17, 15) is 22.8 Å². The van der Waals surface area contributed by atoms with Crippen LogP contribution in [0.3, 0.4) is 0 Å². The predicted molar refractivity (Wildman–Crippen MR) is 56.6 cm³/mol. The molecule has 0 saturated heterocycles. The fourth-order valence-electron chi connectivity index (χ4n) is 1.43. The summed E-state index contributed by atoms with van der Waals surface area (Å²) in [5.74, 6) is -3.89. The lowest BCUT2D eigenvalue weighted by molar-refractivity contribution is -0.202. The van der Waals surface area contributed by atoms with Crippen LogP contribution in [0.25, 0.3) is 0 Å². The normalized spacial score (nSPS) is 14.8. The molecule has 5 nitrogen and oxygen atoms in total. The number of rotatable bonds is 4. The Morgan fingerprint density at radius 2 is 2.05 bits per heavy atom. The summed E-state index contributed by atoms with van der Waals surface area (Å²) in [5, 5.41) is 0. The monoisotopic (exact) mass is 279 g/mol. The van der Waals surface area contributed by atoms with Crippen LogP contribution in [0, 0.1) is 0 Å². The van der Waals surface area contributed by atoms with Crippen molar-refractivity contribution in [3.05, 3.63) is 24.2 Å². The van der Waals surface area contributed by atoms with Crippen LogP contribution in [-0.4, -0.2) is 18.1 Å². The van der Waals surface area contributed by atoms with E-state index in [1.807, 2.05) is 0 Å². The van der Waals surface area contributed by atoms with Gasteiger partial charge >= 0.3 is 18.1 Å². The third-order valence-corrected chi connectivity index (χ3v) is 2.62. The Bertz CT molecular complexity index is 455. The second kappa shape index (κ2) is 5.43. The maximum atomic E-state index is 11.9. The smallest absolute Gasteiger partial charge is 0.472 e. The van der Waals surface area contributed by atoms with E-state index in [1.54, 1.807) is 6.92 Å². The molecule has 0 amide bonds. The van der Waals surface area contributed by atoms with Crippen molar-refractivity contribution in [2.75, 3.05) is 0 Å². The molecule has 0 saturated carbocycles. The Labute approximate surface area is 106 Å². The highest BCUT2D eigenvalue weighted by Gasteiger charge is 2.43. The number of furan rings is 1. The zero-order valence-corrected chi connectivity index (χ0v) is 9.99. The van der Waals surface area contributed by atoms with Crippen LogP contribution >= 0.6 is 0 Å². The van der Waals surface area contributed by atoms with E-state index in [0.29, 0.717) is 5.56 Å². The quantitative estimate of drug-likeness (QED) is 0.672. The molecule has 106 valence electrons. The molecule has 1 heterocycles. The fraction of sp³-hybridized carbons (Fsp3) is 0.455. The zero-order chi connectivity index (χ0) is 14.7. The van der Waals surface area contributed by atoms with Crippen molar-refractivity contribution >= 4 is 11.9 Å². The number of hydrogen-bond donors (Lipinski definition) is 1. The maximum absolute atomic E-state index is 11.9. The highest BCUT2D eigenvalue weighted by atomic mass is 19.4. The first kappa shape index (κ1) is 15.2. The molecule has 1 unspecified atom stereocenters. The van der Waals surface area contributed by atoms with Gasteiger partial charge in [-0.3, -0.25) is 4.79 Å². The van der Waals surface area contributed by atoms with Crippen molar-refractivity contribution in [2.45, 2.75) is 31.5 Å². The van der Waals surface area contributed by atoms with E-state index in [-0.39, 0.29) is 6.42 Å². The van der Waals surface area contributed by atoms with Gasteiger partial charge in [-0.15, -0.1) is 0 Å². The van der Waals surface area contributed by atoms with Gasteiger partial charge in [0.25, 0.3) is 0 Å². The zero-order valence-electron chi connectivity index (χ0n) is 9.99. The molecule has 2 N–H and O–H groups in total. The average molecular weight is 279 g/mol. The van der Waals surface area contributed by atoms with Gasteiger partial charge in [0.05, 0.1) is 24.5 Å². The fourth-order valence-corrected chi connectivity index (χ4v) is 1.43. The number of esters is 2. The molecule has 0 spiro atoms. The molecule has 0 bridgehead atoms. The van der Waals surface area contributed by atoms with Crippen molar-refractivity contribution in [3.8, 4) is 0 Å². The molecule has 1 rings (SSSR count). The molecular formula is C11H12F3NO4. The van der Waals surface area contributed by atoms with E-state index in [0.717, 1.165) is 0 Å². The lowest BCUT2D eigenvalue weighted by Crippen LogP contribution is -2.40. The minimum absolute atomic E-state index is 0.252. The van der Waals surface area contributed by atoms with Gasteiger partial charge in [-0.1, -0.05) is 6.92 Å². The van der Waals surface area contributed by atoms with Crippen LogP contribution < -0.4 is 5.73 Å². The number of nitrogens with two attached hydrogens (primary N) is 1. The van der Waals surface area contributed by atoms with Crippen LogP contribution in [0.4, 0.5) is 13.2 Å². The largest absolute Gasteiger partial charge is 0.491 e. The molecule has 1 aromatic heterocycles. The van der Waals surface area contributed by atoms with Crippen LogP contribution in [0.15, 0.2) is 23.0 Å². The topological polar surface area (TPSA) is 82.5 Å². The minimum Gasteiger partial charge on any atom is -0.472 e. The van der Waals surface area contributed by atoms with Gasteiger partial charge in [-0.05, 0) is 12.5 Å². The van der Waals surface area contributed by atoms with Crippen molar-refractivity contribution in [2.24, 2.45) is 5.73 Å². The van der Waals surface area contributed by atoms with Gasteiger partial charge in [0.2, 0.25) is 0 Å². The molecule has 0 aliphatic carbocycles. The average Bonchev–Trinajstić information content (AvgIpc) is 2.81. The Balaban J connectivity index is 2.72. The second-order valence-electron chi connectivity index (χ2n) is 3.96. The molecule has 0 fully saturated rings. The molecule has 0 aliphatic rings. The number of carbonyl (C=O) groups is 2. The summed E-state index contributed by atoms with van der Waals surface area (Å²) in [6, 6.07) is 1.49. The number of ether oxygens (including phenoxy) is 1. The molecule has 0 aliphatic heterocycles. The van der Waals surface area contributed by atoms with Crippen LogP contribution in [0.2, 0.25) is 0 Å². The Morgan fingerprint density at radius 3 is 2.47 bits per heavy atom. The number of halogens is 3.